The fraction of sp³-hybridized carbons (Fsp3) is 0.900. The summed E-state index contributed by atoms with van der Waals surface area (Å²) in [5.41, 5.74) is -1.27. The summed E-state index contributed by atoms with van der Waals surface area (Å²) in [6.07, 6.45) is 0.918. The van der Waals surface area contributed by atoms with Gasteiger partial charge in [0.2, 0.25) is 0 Å². The van der Waals surface area contributed by atoms with Gasteiger partial charge in [-0.2, -0.15) is 8.42 Å². The number of alkyl halides is 1. The molecule has 4 nitrogen and oxygen atoms in total. The van der Waals surface area contributed by atoms with Crippen molar-refractivity contribution >= 4 is 31.8 Å². The normalized spacial score (nSPS) is 41.6. The Balaban J connectivity index is 2.48. The Kier molecular flexibility index (Phi) is 2.58. The van der Waals surface area contributed by atoms with Crippen LogP contribution in [0.2, 0.25) is 0 Å². The van der Waals surface area contributed by atoms with Crippen molar-refractivity contribution in [2.24, 2.45) is 16.7 Å². The predicted octanol–water partition coefficient (Wildman–Crippen LogP) is 1.64. The van der Waals surface area contributed by atoms with Crippen molar-refractivity contribution in [1.29, 1.82) is 0 Å². The topological polar surface area (TPSA) is 71.4 Å². The molecule has 0 radical (unpaired) electrons. The van der Waals surface area contributed by atoms with Crippen LogP contribution in [0.4, 0.5) is 0 Å². The molecule has 1 N–H and O–H groups in total. The van der Waals surface area contributed by atoms with Gasteiger partial charge in [-0.3, -0.25) is 9.35 Å². The van der Waals surface area contributed by atoms with Gasteiger partial charge in [-0.1, -0.05) is 29.8 Å². The smallest absolute Gasteiger partial charge is 0.265 e. The minimum absolute atomic E-state index is 0.0178. The lowest BCUT2D eigenvalue weighted by molar-refractivity contribution is -0.128. The summed E-state index contributed by atoms with van der Waals surface area (Å²) in [6.45, 7) is 3.85. The van der Waals surface area contributed by atoms with E-state index in [1.807, 2.05) is 13.8 Å². The van der Waals surface area contributed by atoms with Gasteiger partial charge in [0.25, 0.3) is 10.1 Å². The molecule has 2 aliphatic rings. The molecule has 2 fully saturated rings. The van der Waals surface area contributed by atoms with Gasteiger partial charge >= 0.3 is 0 Å². The summed E-state index contributed by atoms with van der Waals surface area (Å²) >= 11 is 3.51. The number of rotatable bonds is 2. The lowest BCUT2D eigenvalue weighted by Crippen LogP contribution is -2.42. The average Bonchev–Trinajstić information content (AvgIpc) is 2.32. The summed E-state index contributed by atoms with van der Waals surface area (Å²) in [6, 6.07) is 0. The minimum atomic E-state index is -4.12. The van der Waals surface area contributed by atoms with Crippen LogP contribution in [0.15, 0.2) is 0 Å². The van der Waals surface area contributed by atoms with Gasteiger partial charge in [-0.05, 0) is 17.8 Å². The largest absolute Gasteiger partial charge is 0.299 e. The third-order valence-corrected chi connectivity index (χ3v) is 6.33. The summed E-state index contributed by atoms with van der Waals surface area (Å²) in [5.74, 6) is -0.290. The Morgan fingerprint density at radius 1 is 1.50 bits per heavy atom. The van der Waals surface area contributed by atoms with E-state index >= 15 is 0 Å². The molecular formula is C10H15BrO4S. The molecule has 16 heavy (non-hydrogen) atoms. The van der Waals surface area contributed by atoms with Gasteiger partial charge < -0.3 is 0 Å². The fourth-order valence-electron chi connectivity index (χ4n) is 3.43. The Hall–Kier alpha value is 0.0600. The zero-order chi connectivity index (χ0) is 12.4. The number of hydrogen-bond donors (Lipinski definition) is 1. The molecule has 3 atom stereocenters. The zero-order valence-corrected chi connectivity index (χ0v) is 11.6. The van der Waals surface area contributed by atoms with Crippen molar-refractivity contribution in [1.82, 2.24) is 0 Å². The van der Waals surface area contributed by atoms with Crippen LogP contribution in [0.25, 0.3) is 0 Å². The van der Waals surface area contributed by atoms with Crippen molar-refractivity contribution in [3.05, 3.63) is 0 Å². The lowest BCUT2D eigenvalue weighted by atomic mass is 9.70. The summed E-state index contributed by atoms with van der Waals surface area (Å²) in [7, 11) is -4.12. The molecule has 0 spiro atoms. The van der Waals surface area contributed by atoms with Crippen LogP contribution < -0.4 is 0 Å². The summed E-state index contributed by atoms with van der Waals surface area (Å²) in [5, 5.41) is 0. The predicted molar refractivity (Wildman–Crippen MR) is 63.1 cm³/mol. The Bertz CT molecular complexity index is 442. The van der Waals surface area contributed by atoms with E-state index in [1.165, 1.54) is 0 Å². The lowest BCUT2D eigenvalue weighted by Gasteiger charge is -2.35. The molecule has 2 bridgehead atoms. The molecule has 0 aromatic carbocycles. The molecule has 2 aliphatic carbocycles. The van der Waals surface area contributed by atoms with Crippen molar-refractivity contribution < 1.29 is 17.8 Å². The molecular weight excluding hydrogens is 296 g/mol. The molecule has 0 amide bonds. The summed E-state index contributed by atoms with van der Waals surface area (Å²) in [4.78, 5) is 12.2. The van der Waals surface area contributed by atoms with Crippen LogP contribution in [-0.4, -0.2) is 29.3 Å². The minimum Gasteiger partial charge on any atom is -0.299 e. The van der Waals surface area contributed by atoms with Crippen LogP contribution in [0.1, 0.15) is 26.7 Å². The van der Waals surface area contributed by atoms with Crippen molar-refractivity contribution in [2.45, 2.75) is 31.5 Å². The Morgan fingerprint density at radius 3 is 2.44 bits per heavy atom. The molecule has 2 saturated carbocycles. The first-order valence-corrected chi connectivity index (χ1v) is 7.75. The highest BCUT2D eigenvalue weighted by molar-refractivity contribution is 9.09. The number of fused-ring (bicyclic) bond motifs is 2. The van der Waals surface area contributed by atoms with E-state index in [9.17, 15) is 13.2 Å². The zero-order valence-electron chi connectivity index (χ0n) is 9.23. The number of hydrogen-bond acceptors (Lipinski definition) is 3. The van der Waals surface area contributed by atoms with E-state index in [4.69, 9.17) is 4.55 Å². The van der Waals surface area contributed by atoms with Gasteiger partial charge in [-0.15, -0.1) is 0 Å². The Morgan fingerprint density at radius 2 is 2.06 bits per heavy atom. The quantitative estimate of drug-likeness (QED) is 0.622. The number of Topliss-reactive ketones (excluding diaryl/α,β-unsaturated/α-hetero) is 1. The van der Waals surface area contributed by atoms with E-state index in [0.717, 1.165) is 0 Å². The average molecular weight is 311 g/mol. The van der Waals surface area contributed by atoms with E-state index < -0.39 is 21.3 Å². The molecule has 2 unspecified atom stereocenters. The third kappa shape index (κ3) is 1.49. The second-order valence-corrected chi connectivity index (χ2v) is 8.11. The molecule has 0 aliphatic heterocycles. The SMILES string of the molecule is CC1(C)C2CC(=O)[C@]1(CS(=O)(=O)O)CC2Br. The molecule has 6 heteroatoms. The highest BCUT2D eigenvalue weighted by Crippen LogP contribution is 2.65. The van der Waals surface area contributed by atoms with Crippen molar-refractivity contribution in [3.63, 3.8) is 0 Å². The first-order chi connectivity index (χ1) is 7.10. The van der Waals surface area contributed by atoms with Crippen LogP contribution in [0, 0.1) is 16.7 Å². The van der Waals surface area contributed by atoms with Crippen LogP contribution in [-0.2, 0) is 14.9 Å². The van der Waals surface area contributed by atoms with E-state index in [-0.39, 0.29) is 21.9 Å². The number of carbonyl (C=O) groups is 1. The van der Waals surface area contributed by atoms with Crippen molar-refractivity contribution in [2.75, 3.05) is 5.75 Å². The standard InChI is InChI=1S/C10H15BrO4S/c1-9(2)6-3-8(12)10(9,4-7(6)11)5-16(13,14)15/h6-7H,3-5H2,1-2H3,(H,13,14,15)/t6?,7?,10-/m1/s1. The van der Waals surface area contributed by atoms with E-state index in [1.54, 1.807) is 0 Å². The highest BCUT2D eigenvalue weighted by atomic mass is 79.9. The van der Waals surface area contributed by atoms with E-state index in [2.05, 4.69) is 15.9 Å². The molecule has 2 rings (SSSR count). The highest BCUT2D eigenvalue weighted by Gasteiger charge is 2.68. The molecule has 0 heterocycles. The van der Waals surface area contributed by atoms with E-state index in [0.29, 0.717) is 12.8 Å². The maximum Gasteiger partial charge on any atom is 0.265 e. The maximum atomic E-state index is 12.0. The molecule has 0 saturated heterocycles. The van der Waals surface area contributed by atoms with Gasteiger partial charge in [0.1, 0.15) is 5.78 Å². The first kappa shape index (κ1) is 12.5. The molecule has 0 aromatic heterocycles. The first-order valence-electron chi connectivity index (χ1n) is 5.23. The molecule has 0 aromatic rings. The second kappa shape index (κ2) is 3.29. The van der Waals surface area contributed by atoms with Gasteiger partial charge in [0.15, 0.2) is 0 Å². The molecule has 92 valence electrons. The monoisotopic (exact) mass is 310 g/mol. The van der Waals surface area contributed by atoms with Crippen molar-refractivity contribution in [3.8, 4) is 0 Å². The number of carbonyl (C=O) groups excluding carboxylic acids is 1. The third-order valence-electron chi connectivity index (χ3n) is 4.51. The van der Waals surface area contributed by atoms with Gasteiger partial charge in [0, 0.05) is 11.2 Å². The Labute approximate surface area is 104 Å². The second-order valence-electron chi connectivity index (χ2n) is 5.48. The van der Waals surface area contributed by atoms with Crippen LogP contribution in [0.3, 0.4) is 0 Å². The van der Waals surface area contributed by atoms with Gasteiger partial charge in [-0.25, -0.2) is 0 Å². The summed E-state index contributed by atoms with van der Waals surface area (Å²) < 4.78 is 31.2. The number of halogens is 1. The fourth-order valence-corrected chi connectivity index (χ4v) is 6.11. The van der Waals surface area contributed by atoms with Crippen LogP contribution in [0.5, 0.6) is 0 Å². The van der Waals surface area contributed by atoms with Gasteiger partial charge in [0.05, 0.1) is 11.2 Å². The van der Waals surface area contributed by atoms with Crippen LogP contribution >= 0.6 is 15.9 Å². The number of ketones is 1. The maximum absolute atomic E-state index is 12.0.